The van der Waals surface area contributed by atoms with Crippen molar-refractivity contribution in [3.05, 3.63) is 29.7 Å². The number of hydrogen-bond donors (Lipinski definition) is 0. The van der Waals surface area contributed by atoms with Gasteiger partial charge in [0.25, 0.3) is 0 Å². The van der Waals surface area contributed by atoms with E-state index in [0.29, 0.717) is 0 Å². The molecule has 0 N–H and O–H groups in total. The van der Waals surface area contributed by atoms with Gasteiger partial charge in [0, 0.05) is 17.8 Å². The lowest BCUT2D eigenvalue weighted by Gasteiger charge is -2.16. The molecule has 0 aromatic carbocycles. The van der Waals surface area contributed by atoms with Gasteiger partial charge in [0.2, 0.25) is 0 Å². The van der Waals surface area contributed by atoms with Gasteiger partial charge in [0.15, 0.2) is 0 Å². The highest BCUT2D eigenvalue weighted by Gasteiger charge is 2.14. The van der Waals surface area contributed by atoms with Crippen molar-refractivity contribution in [1.82, 2.24) is 9.97 Å². The highest BCUT2D eigenvalue weighted by atomic mass is 14.9. The molecular formula is C43H81N2. The summed E-state index contributed by atoms with van der Waals surface area (Å²) in [6.45, 7) is 11.1. The standard InChI is InChI=1S/C43H81N2/c1-5-9-12-15-18-21-24-27-30-33-37-40-41(38-34-31-28-25-22-19-16-13-10-6-2)44-43(36-8-4)45-42(40)39-35-32-29-26-23-20-17-14-11-7-3/h4-39H2,1-3H3. The van der Waals surface area contributed by atoms with Crippen LogP contribution in [0.2, 0.25) is 0 Å². The minimum atomic E-state index is 0.896. The van der Waals surface area contributed by atoms with E-state index in [9.17, 15) is 0 Å². The van der Waals surface area contributed by atoms with Crippen LogP contribution < -0.4 is 0 Å². The monoisotopic (exact) mass is 626 g/mol. The highest BCUT2D eigenvalue weighted by Crippen LogP contribution is 2.23. The predicted octanol–water partition coefficient (Wildman–Crippen LogP) is 14.6. The van der Waals surface area contributed by atoms with E-state index in [1.807, 2.05) is 0 Å². The Hall–Kier alpha value is -0.920. The first-order valence-corrected chi connectivity index (χ1v) is 20.9. The summed E-state index contributed by atoms with van der Waals surface area (Å²) in [5.41, 5.74) is 4.37. The van der Waals surface area contributed by atoms with E-state index in [2.05, 4.69) is 27.7 Å². The Kier molecular flexibility index (Phi) is 30.9. The number of rotatable bonds is 35. The largest absolute Gasteiger partial charge is 0.238 e. The number of hydrogen-bond acceptors (Lipinski definition) is 2. The zero-order valence-electron chi connectivity index (χ0n) is 31.4. The van der Waals surface area contributed by atoms with Crippen molar-refractivity contribution in [3.63, 3.8) is 0 Å². The van der Waals surface area contributed by atoms with Gasteiger partial charge < -0.3 is 0 Å². The molecule has 263 valence electrons. The van der Waals surface area contributed by atoms with Crippen LogP contribution in [0.25, 0.3) is 0 Å². The maximum Gasteiger partial charge on any atom is 0.128 e. The molecule has 0 bridgehead atoms. The molecule has 2 heteroatoms. The molecule has 0 spiro atoms. The van der Waals surface area contributed by atoms with Crippen LogP contribution in [0.3, 0.4) is 0 Å². The second-order valence-electron chi connectivity index (χ2n) is 14.4. The molecule has 0 aliphatic carbocycles. The van der Waals surface area contributed by atoms with E-state index in [4.69, 9.17) is 9.97 Å². The lowest BCUT2D eigenvalue weighted by Crippen LogP contribution is -2.11. The quantitative estimate of drug-likeness (QED) is 0.0701. The maximum absolute atomic E-state index is 5.21. The second kappa shape index (κ2) is 33.0. The van der Waals surface area contributed by atoms with Crippen LogP contribution in [-0.2, 0) is 25.7 Å². The highest BCUT2D eigenvalue weighted by molar-refractivity contribution is 5.27. The van der Waals surface area contributed by atoms with E-state index in [1.54, 1.807) is 5.56 Å². The maximum atomic E-state index is 5.21. The molecule has 0 aliphatic heterocycles. The van der Waals surface area contributed by atoms with Gasteiger partial charge in [-0.1, -0.05) is 201 Å². The summed E-state index contributed by atoms with van der Waals surface area (Å²) < 4.78 is 0. The van der Waals surface area contributed by atoms with Gasteiger partial charge in [-0.25, -0.2) is 9.97 Å². The molecule has 0 unspecified atom stereocenters. The minimum absolute atomic E-state index is 0.896. The van der Waals surface area contributed by atoms with Crippen LogP contribution in [0.15, 0.2) is 0 Å². The van der Waals surface area contributed by atoms with Crippen molar-refractivity contribution in [2.24, 2.45) is 0 Å². The summed E-state index contributed by atoms with van der Waals surface area (Å²) in [6, 6.07) is 0. The molecule has 0 fully saturated rings. The Morgan fingerprint density at radius 2 is 0.600 bits per heavy atom. The van der Waals surface area contributed by atoms with Crippen molar-refractivity contribution in [1.29, 1.82) is 0 Å². The van der Waals surface area contributed by atoms with E-state index in [-0.39, 0.29) is 0 Å². The number of nitrogens with zero attached hydrogens (tertiary/aromatic N) is 2. The SMILES string of the molecule is [CH2]CCc1nc(CCCCCCCCCCCC)c(CCCCCCCCCCCC)c(CCCCCCCCCCCC)n1. The smallest absolute Gasteiger partial charge is 0.128 e. The minimum Gasteiger partial charge on any atom is -0.238 e. The fourth-order valence-corrected chi connectivity index (χ4v) is 6.96. The lowest BCUT2D eigenvalue weighted by atomic mass is 9.96. The summed E-state index contributed by atoms with van der Waals surface area (Å²) in [5, 5.41) is 0. The van der Waals surface area contributed by atoms with Gasteiger partial charge in [-0.2, -0.15) is 0 Å². The average molecular weight is 626 g/mol. The number of unbranched alkanes of at least 4 members (excludes halogenated alkanes) is 27. The Bertz CT molecular complexity index is 696. The van der Waals surface area contributed by atoms with Gasteiger partial charge in [0.05, 0.1) is 0 Å². The van der Waals surface area contributed by atoms with Gasteiger partial charge in [-0.05, 0) is 50.5 Å². The van der Waals surface area contributed by atoms with Gasteiger partial charge in [-0.3, -0.25) is 0 Å². The van der Waals surface area contributed by atoms with Crippen LogP contribution in [0, 0.1) is 6.92 Å². The molecule has 1 heterocycles. The van der Waals surface area contributed by atoms with Crippen molar-refractivity contribution >= 4 is 0 Å². The molecule has 1 radical (unpaired) electrons. The van der Waals surface area contributed by atoms with Gasteiger partial charge in [0.1, 0.15) is 5.82 Å². The Labute approximate surface area is 284 Å². The van der Waals surface area contributed by atoms with Crippen LogP contribution in [0.5, 0.6) is 0 Å². The fraction of sp³-hybridized carbons (Fsp3) is 0.884. The molecule has 1 rings (SSSR count). The van der Waals surface area contributed by atoms with Crippen molar-refractivity contribution in [2.75, 3.05) is 0 Å². The van der Waals surface area contributed by atoms with Crippen molar-refractivity contribution < 1.29 is 0 Å². The summed E-state index contributed by atoms with van der Waals surface area (Å²) in [5.74, 6) is 1.07. The first-order valence-electron chi connectivity index (χ1n) is 20.9. The van der Waals surface area contributed by atoms with E-state index < -0.39 is 0 Å². The summed E-state index contributed by atoms with van der Waals surface area (Å²) in [7, 11) is 0. The molecule has 2 nitrogen and oxygen atoms in total. The summed E-state index contributed by atoms with van der Waals surface area (Å²) in [4.78, 5) is 10.4. The van der Waals surface area contributed by atoms with Crippen molar-refractivity contribution in [3.8, 4) is 0 Å². The Morgan fingerprint density at radius 1 is 0.333 bits per heavy atom. The van der Waals surface area contributed by atoms with Crippen LogP contribution in [0.1, 0.15) is 243 Å². The zero-order chi connectivity index (χ0) is 32.5. The molecule has 0 aliphatic rings. The topological polar surface area (TPSA) is 25.8 Å². The van der Waals surface area contributed by atoms with Gasteiger partial charge in [-0.15, -0.1) is 0 Å². The third-order valence-electron chi connectivity index (χ3n) is 9.94. The molecule has 0 amide bonds. The molecule has 0 saturated carbocycles. The molecule has 1 aromatic heterocycles. The van der Waals surface area contributed by atoms with Crippen molar-refractivity contribution in [2.45, 2.75) is 245 Å². The molecule has 0 atom stereocenters. The Morgan fingerprint density at radius 3 is 0.889 bits per heavy atom. The number of aromatic nitrogens is 2. The summed E-state index contributed by atoms with van der Waals surface area (Å²) in [6.07, 6.45) is 47.2. The van der Waals surface area contributed by atoms with Crippen LogP contribution in [-0.4, -0.2) is 9.97 Å². The first-order chi connectivity index (χ1) is 22.3. The molecular weight excluding hydrogens is 544 g/mol. The second-order valence-corrected chi connectivity index (χ2v) is 14.4. The van der Waals surface area contributed by atoms with E-state index in [0.717, 1.165) is 31.5 Å². The zero-order valence-corrected chi connectivity index (χ0v) is 31.4. The third kappa shape index (κ3) is 24.9. The average Bonchev–Trinajstić information content (AvgIpc) is 3.04. The van der Waals surface area contributed by atoms with Crippen LogP contribution >= 0.6 is 0 Å². The third-order valence-corrected chi connectivity index (χ3v) is 9.94. The lowest BCUT2D eigenvalue weighted by molar-refractivity contribution is 0.547. The number of aryl methyl sites for hydroxylation is 3. The molecule has 0 saturated heterocycles. The molecule has 1 aromatic rings. The first kappa shape index (κ1) is 42.1. The van der Waals surface area contributed by atoms with Crippen LogP contribution in [0.4, 0.5) is 0 Å². The molecule has 45 heavy (non-hydrogen) atoms. The normalized spacial score (nSPS) is 11.6. The van der Waals surface area contributed by atoms with E-state index in [1.165, 1.54) is 210 Å². The van der Waals surface area contributed by atoms with E-state index >= 15 is 0 Å². The Balaban J connectivity index is 2.63. The fourth-order valence-electron chi connectivity index (χ4n) is 6.96. The van der Waals surface area contributed by atoms with Gasteiger partial charge >= 0.3 is 0 Å². The predicted molar refractivity (Wildman–Crippen MR) is 202 cm³/mol. The summed E-state index contributed by atoms with van der Waals surface area (Å²) >= 11 is 0.